The first kappa shape index (κ1) is 15.2. The second-order valence-electron chi connectivity index (χ2n) is 6.22. The third-order valence-electron chi connectivity index (χ3n) is 4.21. The number of hydrogen-bond acceptors (Lipinski definition) is 2. The third-order valence-corrected chi connectivity index (χ3v) is 4.21. The highest BCUT2D eigenvalue weighted by atomic mass is 16.4. The van der Waals surface area contributed by atoms with E-state index in [9.17, 15) is 4.79 Å². The van der Waals surface area contributed by atoms with Crippen molar-refractivity contribution in [2.45, 2.75) is 58.9 Å². The van der Waals surface area contributed by atoms with Gasteiger partial charge in [-0.05, 0) is 44.6 Å². The minimum atomic E-state index is -0.782. The lowest BCUT2D eigenvalue weighted by molar-refractivity contribution is -0.132. The molecule has 0 bridgehead atoms. The van der Waals surface area contributed by atoms with E-state index in [4.69, 9.17) is 5.11 Å². The Morgan fingerprint density at radius 2 is 1.94 bits per heavy atom. The van der Waals surface area contributed by atoms with E-state index in [1.807, 2.05) is 13.0 Å². The fourth-order valence-electron chi connectivity index (χ4n) is 2.61. The molecule has 1 fully saturated rings. The second-order valence-corrected chi connectivity index (χ2v) is 6.22. The molecular formula is C15H27NO2. The molecule has 3 heteroatoms. The molecule has 0 spiro atoms. The molecule has 1 saturated carbocycles. The van der Waals surface area contributed by atoms with Crippen LogP contribution in [0.2, 0.25) is 0 Å². The molecule has 1 aliphatic rings. The summed E-state index contributed by atoms with van der Waals surface area (Å²) in [5.74, 6) is -0.782. The van der Waals surface area contributed by atoms with E-state index in [-0.39, 0.29) is 0 Å². The lowest BCUT2D eigenvalue weighted by Gasteiger charge is -2.38. The second kappa shape index (κ2) is 6.37. The molecule has 0 atom stereocenters. The average Bonchev–Trinajstić information content (AvgIpc) is 2.29. The molecule has 0 saturated heterocycles. The Hall–Kier alpha value is -0.830. The molecule has 1 rings (SSSR count). The van der Waals surface area contributed by atoms with E-state index < -0.39 is 5.97 Å². The molecule has 1 N–H and O–H groups in total. The quantitative estimate of drug-likeness (QED) is 0.764. The summed E-state index contributed by atoms with van der Waals surface area (Å²) in [7, 11) is 2.11. The maximum Gasteiger partial charge on any atom is 0.331 e. The number of carboxylic acid groups (broad SMARTS) is 1. The van der Waals surface area contributed by atoms with E-state index >= 15 is 0 Å². The van der Waals surface area contributed by atoms with Gasteiger partial charge in [-0.3, -0.25) is 4.90 Å². The minimum Gasteiger partial charge on any atom is -0.478 e. The lowest BCUT2D eigenvalue weighted by atomic mass is 9.75. The van der Waals surface area contributed by atoms with Crippen molar-refractivity contribution < 1.29 is 9.90 Å². The Morgan fingerprint density at radius 3 is 2.39 bits per heavy atom. The van der Waals surface area contributed by atoms with Gasteiger partial charge in [-0.15, -0.1) is 0 Å². The SMILES string of the molecule is CCC(=CCN(C)C1CCC(C)(C)CC1)C(=O)O. The Labute approximate surface area is 111 Å². The molecule has 0 radical (unpaired) electrons. The molecule has 0 heterocycles. The molecule has 3 nitrogen and oxygen atoms in total. The standard InChI is InChI=1S/C15H27NO2/c1-5-12(14(17)18)8-11-16(4)13-6-9-15(2,3)10-7-13/h8,13H,5-7,9-11H2,1-4H3,(H,17,18). The Kier molecular flexibility index (Phi) is 5.39. The van der Waals surface area contributed by atoms with Gasteiger partial charge in [0.1, 0.15) is 0 Å². The number of carboxylic acids is 1. The van der Waals surface area contributed by atoms with Crippen LogP contribution >= 0.6 is 0 Å². The van der Waals surface area contributed by atoms with Crippen molar-refractivity contribution in [3.05, 3.63) is 11.6 Å². The van der Waals surface area contributed by atoms with Gasteiger partial charge in [0.15, 0.2) is 0 Å². The van der Waals surface area contributed by atoms with Gasteiger partial charge in [-0.25, -0.2) is 4.79 Å². The van der Waals surface area contributed by atoms with Crippen molar-refractivity contribution in [1.29, 1.82) is 0 Å². The largest absolute Gasteiger partial charge is 0.478 e. The smallest absolute Gasteiger partial charge is 0.331 e. The van der Waals surface area contributed by atoms with E-state index in [1.165, 1.54) is 25.7 Å². The van der Waals surface area contributed by atoms with Gasteiger partial charge in [-0.1, -0.05) is 26.8 Å². The molecule has 0 aromatic carbocycles. The minimum absolute atomic E-state index is 0.489. The van der Waals surface area contributed by atoms with Crippen LogP contribution in [-0.4, -0.2) is 35.6 Å². The van der Waals surface area contributed by atoms with Crippen LogP contribution in [-0.2, 0) is 4.79 Å². The van der Waals surface area contributed by atoms with E-state index in [1.54, 1.807) is 0 Å². The van der Waals surface area contributed by atoms with Gasteiger partial charge >= 0.3 is 5.97 Å². The normalized spacial score (nSPS) is 21.3. The van der Waals surface area contributed by atoms with Gasteiger partial charge in [0.05, 0.1) is 0 Å². The predicted molar refractivity (Wildman–Crippen MR) is 74.7 cm³/mol. The van der Waals surface area contributed by atoms with E-state index in [0.29, 0.717) is 23.5 Å². The number of rotatable bonds is 5. The van der Waals surface area contributed by atoms with Crippen molar-refractivity contribution in [1.82, 2.24) is 4.90 Å². The molecule has 18 heavy (non-hydrogen) atoms. The summed E-state index contributed by atoms with van der Waals surface area (Å²) in [5, 5.41) is 8.98. The summed E-state index contributed by atoms with van der Waals surface area (Å²) in [4.78, 5) is 13.2. The molecule has 0 aliphatic heterocycles. The van der Waals surface area contributed by atoms with Gasteiger partial charge < -0.3 is 5.11 Å². The van der Waals surface area contributed by atoms with Crippen molar-refractivity contribution in [2.24, 2.45) is 5.41 Å². The Bertz CT molecular complexity index is 310. The highest BCUT2D eigenvalue weighted by molar-refractivity contribution is 5.86. The molecule has 1 aliphatic carbocycles. The molecular weight excluding hydrogens is 226 g/mol. The number of carbonyl (C=O) groups is 1. The van der Waals surface area contributed by atoms with Gasteiger partial charge in [0.2, 0.25) is 0 Å². The predicted octanol–water partition coefficient (Wildman–Crippen LogP) is 3.31. The van der Waals surface area contributed by atoms with Crippen LogP contribution in [0, 0.1) is 5.41 Å². The first-order valence-corrected chi connectivity index (χ1v) is 6.98. The number of likely N-dealkylation sites (N-methyl/N-ethyl adjacent to an activating group) is 1. The van der Waals surface area contributed by atoms with Crippen molar-refractivity contribution in [3.8, 4) is 0 Å². The van der Waals surface area contributed by atoms with Crippen LogP contribution in [0.5, 0.6) is 0 Å². The molecule has 0 aromatic rings. The highest BCUT2D eigenvalue weighted by Crippen LogP contribution is 2.36. The third kappa shape index (κ3) is 4.45. The van der Waals surface area contributed by atoms with Gasteiger partial charge in [0, 0.05) is 18.2 Å². The van der Waals surface area contributed by atoms with E-state index in [0.717, 1.165) is 6.54 Å². The summed E-state index contributed by atoms with van der Waals surface area (Å²) in [6, 6.07) is 0.612. The van der Waals surface area contributed by atoms with Crippen molar-refractivity contribution in [2.75, 3.05) is 13.6 Å². The molecule has 0 amide bonds. The van der Waals surface area contributed by atoms with Crippen LogP contribution in [0.25, 0.3) is 0 Å². The Balaban J connectivity index is 2.47. The maximum absolute atomic E-state index is 10.9. The van der Waals surface area contributed by atoms with Crippen LogP contribution in [0.1, 0.15) is 52.9 Å². The first-order valence-electron chi connectivity index (χ1n) is 6.98. The fraction of sp³-hybridized carbons (Fsp3) is 0.800. The maximum atomic E-state index is 10.9. The van der Waals surface area contributed by atoms with Crippen LogP contribution in [0.4, 0.5) is 0 Å². The van der Waals surface area contributed by atoms with Crippen LogP contribution in [0.3, 0.4) is 0 Å². The fourth-order valence-corrected chi connectivity index (χ4v) is 2.61. The average molecular weight is 253 g/mol. The van der Waals surface area contributed by atoms with E-state index in [2.05, 4.69) is 25.8 Å². The number of aliphatic carboxylic acids is 1. The summed E-state index contributed by atoms with van der Waals surface area (Å²) < 4.78 is 0. The first-order chi connectivity index (χ1) is 8.35. The van der Waals surface area contributed by atoms with Crippen molar-refractivity contribution >= 4 is 5.97 Å². The summed E-state index contributed by atoms with van der Waals surface area (Å²) in [5.41, 5.74) is 1.01. The topological polar surface area (TPSA) is 40.5 Å². The van der Waals surface area contributed by atoms with Gasteiger partial charge in [0.25, 0.3) is 0 Å². The molecule has 0 aromatic heterocycles. The summed E-state index contributed by atoms with van der Waals surface area (Å²) >= 11 is 0. The highest BCUT2D eigenvalue weighted by Gasteiger charge is 2.28. The van der Waals surface area contributed by atoms with Crippen LogP contribution in [0.15, 0.2) is 11.6 Å². The zero-order valence-electron chi connectivity index (χ0n) is 12.2. The summed E-state index contributed by atoms with van der Waals surface area (Å²) in [6.45, 7) is 7.31. The molecule has 104 valence electrons. The number of hydrogen-bond donors (Lipinski definition) is 1. The Morgan fingerprint density at radius 1 is 1.39 bits per heavy atom. The monoisotopic (exact) mass is 253 g/mol. The van der Waals surface area contributed by atoms with Gasteiger partial charge in [-0.2, -0.15) is 0 Å². The molecule has 0 unspecified atom stereocenters. The zero-order chi connectivity index (χ0) is 13.8. The number of nitrogens with zero attached hydrogens (tertiary/aromatic N) is 1. The summed E-state index contributed by atoms with van der Waals surface area (Å²) in [6.07, 6.45) is 7.46. The van der Waals surface area contributed by atoms with Crippen LogP contribution < -0.4 is 0 Å². The van der Waals surface area contributed by atoms with Crippen molar-refractivity contribution in [3.63, 3.8) is 0 Å². The lowest BCUT2D eigenvalue weighted by Crippen LogP contribution is -2.37. The zero-order valence-corrected chi connectivity index (χ0v) is 12.2.